The van der Waals surface area contributed by atoms with Gasteiger partial charge in [-0.3, -0.25) is 0 Å². The number of hydrogen-bond acceptors (Lipinski definition) is 1. The maximum Gasteiger partial charge on any atom is 0.0998 e. The minimum Gasteiger partial charge on any atom is -0.192 e. The van der Waals surface area contributed by atoms with E-state index in [1.165, 1.54) is 60.5 Å². The van der Waals surface area contributed by atoms with Gasteiger partial charge in [-0.05, 0) is 95.4 Å². The molecule has 0 heterocycles. The van der Waals surface area contributed by atoms with E-state index in [0.29, 0.717) is 5.56 Å². The molecular formula is C39H23N. The predicted molar refractivity (Wildman–Crippen MR) is 167 cm³/mol. The van der Waals surface area contributed by atoms with Crippen LogP contribution in [0.1, 0.15) is 5.56 Å². The summed E-state index contributed by atoms with van der Waals surface area (Å²) in [7, 11) is 0. The highest BCUT2D eigenvalue weighted by atomic mass is 14.3. The Labute approximate surface area is 233 Å². The van der Waals surface area contributed by atoms with Gasteiger partial charge in [-0.1, -0.05) is 121 Å². The molecule has 0 amide bonds. The van der Waals surface area contributed by atoms with Crippen molar-refractivity contribution in [1.29, 1.82) is 5.26 Å². The van der Waals surface area contributed by atoms with Gasteiger partial charge >= 0.3 is 0 Å². The number of hydrogen-bond donors (Lipinski definition) is 0. The first-order valence-electron chi connectivity index (χ1n) is 13.6. The summed E-state index contributed by atoms with van der Waals surface area (Å²) in [4.78, 5) is 0. The van der Waals surface area contributed by atoms with Gasteiger partial charge in [0, 0.05) is 0 Å². The lowest BCUT2D eigenvalue weighted by molar-refractivity contribution is 1.48. The van der Waals surface area contributed by atoms with E-state index in [1.54, 1.807) is 0 Å². The second-order valence-electron chi connectivity index (χ2n) is 10.4. The van der Waals surface area contributed by atoms with Crippen LogP contribution in [0.5, 0.6) is 0 Å². The van der Waals surface area contributed by atoms with Crippen LogP contribution >= 0.6 is 0 Å². The van der Waals surface area contributed by atoms with Gasteiger partial charge < -0.3 is 0 Å². The Morgan fingerprint density at radius 3 is 1.68 bits per heavy atom. The molecule has 1 heteroatoms. The van der Waals surface area contributed by atoms with Gasteiger partial charge in [-0.2, -0.15) is 5.26 Å². The maximum atomic E-state index is 9.47. The maximum absolute atomic E-state index is 9.47. The van der Waals surface area contributed by atoms with Crippen LogP contribution in [0.4, 0.5) is 0 Å². The monoisotopic (exact) mass is 505 g/mol. The van der Waals surface area contributed by atoms with Crippen LogP contribution in [-0.4, -0.2) is 0 Å². The lowest BCUT2D eigenvalue weighted by Gasteiger charge is -2.11. The van der Waals surface area contributed by atoms with Gasteiger partial charge in [0.15, 0.2) is 0 Å². The molecule has 40 heavy (non-hydrogen) atoms. The second kappa shape index (κ2) is 8.80. The van der Waals surface area contributed by atoms with Gasteiger partial charge in [-0.25, -0.2) is 0 Å². The zero-order valence-corrected chi connectivity index (χ0v) is 21.7. The number of rotatable bonds is 3. The molecule has 0 aromatic heterocycles. The topological polar surface area (TPSA) is 23.8 Å². The molecule has 0 N–H and O–H groups in total. The molecule has 0 radical (unpaired) electrons. The fourth-order valence-corrected chi connectivity index (χ4v) is 6.33. The van der Waals surface area contributed by atoms with Gasteiger partial charge in [-0.15, -0.1) is 0 Å². The van der Waals surface area contributed by atoms with Crippen molar-refractivity contribution in [3.05, 3.63) is 145 Å². The van der Waals surface area contributed by atoms with Gasteiger partial charge in [0.05, 0.1) is 11.6 Å². The van der Waals surface area contributed by atoms with Crippen LogP contribution in [-0.2, 0) is 0 Å². The number of benzene rings is 7. The first-order chi connectivity index (χ1) is 19.8. The highest BCUT2D eigenvalue weighted by Crippen LogP contribution is 2.49. The number of fused-ring (bicyclic) bond motifs is 4. The van der Waals surface area contributed by atoms with Crippen molar-refractivity contribution in [3.63, 3.8) is 0 Å². The molecule has 0 fully saturated rings. The standard InChI is InChI=1S/C39H23N/c40-24-31-6-1-2-7-32(31)26-14-12-25(13-15-26)27-16-17-29-23-30(19-18-28(29)22-27)33-20-21-38-35-9-4-3-8-34(35)37-11-5-10-36(33)39(37)38/h1-23H. The normalized spacial score (nSPS) is 11.5. The van der Waals surface area contributed by atoms with E-state index < -0.39 is 0 Å². The molecule has 0 atom stereocenters. The zero-order chi connectivity index (χ0) is 26.6. The van der Waals surface area contributed by atoms with E-state index in [0.717, 1.165) is 16.7 Å². The summed E-state index contributed by atoms with van der Waals surface area (Å²) in [5.41, 5.74) is 12.9. The summed E-state index contributed by atoms with van der Waals surface area (Å²) >= 11 is 0. The molecule has 0 aliphatic heterocycles. The minimum atomic E-state index is 0.696. The van der Waals surface area contributed by atoms with E-state index in [1.807, 2.05) is 24.3 Å². The van der Waals surface area contributed by atoms with Crippen molar-refractivity contribution in [2.24, 2.45) is 0 Å². The molecule has 7 aromatic rings. The van der Waals surface area contributed by atoms with Crippen LogP contribution in [0, 0.1) is 11.3 Å². The van der Waals surface area contributed by atoms with E-state index in [9.17, 15) is 5.26 Å². The molecule has 7 aromatic carbocycles. The molecule has 1 aliphatic rings. The van der Waals surface area contributed by atoms with Crippen molar-refractivity contribution < 1.29 is 0 Å². The Morgan fingerprint density at radius 1 is 0.375 bits per heavy atom. The predicted octanol–water partition coefficient (Wildman–Crippen LogP) is 10.5. The van der Waals surface area contributed by atoms with E-state index in [4.69, 9.17) is 0 Å². The highest BCUT2D eigenvalue weighted by Gasteiger charge is 2.22. The van der Waals surface area contributed by atoms with Crippen molar-refractivity contribution in [3.8, 4) is 61.7 Å². The number of nitriles is 1. The van der Waals surface area contributed by atoms with Crippen LogP contribution in [0.15, 0.2) is 140 Å². The Bertz CT molecular complexity index is 2130. The summed E-state index contributed by atoms with van der Waals surface area (Å²) in [6.07, 6.45) is 0. The average Bonchev–Trinajstić information content (AvgIpc) is 3.36. The lowest BCUT2D eigenvalue weighted by atomic mass is 9.92. The summed E-state index contributed by atoms with van der Waals surface area (Å²) in [6, 6.07) is 52.0. The summed E-state index contributed by atoms with van der Waals surface area (Å²) in [5, 5.41) is 14.6. The Balaban J connectivity index is 1.17. The Morgan fingerprint density at radius 2 is 0.925 bits per heavy atom. The lowest BCUT2D eigenvalue weighted by Crippen LogP contribution is -1.86. The molecule has 0 bridgehead atoms. The third-order valence-electron chi connectivity index (χ3n) is 8.28. The third kappa shape index (κ3) is 3.40. The smallest absolute Gasteiger partial charge is 0.0998 e. The molecule has 8 rings (SSSR count). The average molecular weight is 506 g/mol. The summed E-state index contributed by atoms with van der Waals surface area (Å²) in [6.45, 7) is 0. The van der Waals surface area contributed by atoms with Crippen LogP contribution in [0.25, 0.3) is 77.2 Å². The third-order valence-corrected chi connectivity index (χ3v) is 8.28. The molecule has 0 spiro atoms. The minimum absolute atomic E-state index is 0.696. The molecule has 1 aliphatic carbocycles. The zero-order valence-electron chi connectivity index (χ0n) is 21.7. The molecule has 0 saturated carbocycles. The van der Waals surface area contributed by atoms with Crippen LogP contribution in [0.2, 0.25) is 0 Å². The molecule has 0 unspecified atom stereocenters. The molecule has 184 valence electrons. The van der Waals surface area contributed by atoms with Gasteiger partial charge in [0.2, 0.25) is 0 Å². The van der Waals surface area contributed by atoms with E-state index in [-0.39, 0.29) is 0 Å². The summed E-state index contributed by atoms with van der Waals surface area (Å²) in [5.74, 6) is 0. The van der Waals surface area contributed by atoms with Gasteiger partial charge in [0.25, 0.3) is 0 Å². The van der Waals surface area contributed by atoms with Crippen molar-refractivity contribution in [2.45, 2.75) is 0 Å². The Hall–Kier alpha value is -5.45. The first kappa shape index (κ1) is 22.5. The van der Waals surface area contributed by atoms with Crippen molar-refractivity contribution in [2.75, 3.05) is 0 Å². The second-order valence-corrected chi connectivity index (χ2v) is 10.4. The van der Waals surface area contributed by atoms with Crippen LogP contribution in [0.3, 0.4) is 0 Å². The molecular weight excluding hydrogens is 482 g/mol. The molecule has 0 saturated heterocycles. The van der Waals surface area contributed by atoms with Gasteiger partial charge in [0.1, 0.15) is 0 Å². The highest BCUT2D eigenvalue weighted by molar-refractivity contribution is 6.18. The van der Waals surface area contributed by atoms with E-state index >= 15 is 0 Å². The first-order valence-corrected chi connectivity index (χ1v) is 13.6. The fraction of sp³-hybridized carbons (Fsp3) is 0. The fourth-order valence-electron chi connectivity index (χ4n) is 6.33. The van der Waals surface area contributed by atoms with E-state index in [2.05, 4.69) is 121 Å². The summed E-state index contributed by atoms with van der Waals surface area (Å²) < 4.78 is 0. The quantitative estimate of drug-likeness (QED) is 0.234. The number of nitrogens with zero attached hydrogens (tertiary/aromatic N) is 1. The largest absolute Gasteiger partial charge is 0.192 e. The SMILES string of the molecule is N#Cc1ccccc1-c1ccc(-c2ccc3cc(-c4ccc5c6c(cccc46)-c4ccccc4-5)ccc3c2)cc1. The van der Waals surface area contributed by atoms with Crippen molar-refractivity contribution >= 4 is 21.5 Å². The van der Waals surface area contributed by atoms with Crippen LogP contribution < -0.4 is 0 Å². The molecule has 1 nitrogen and oxygen atoms in total. The Kier molecular flexibility index (Phi) is 4.96. The van der Waals surface area contributed by atoms with Crippen molar-refractivity contribution in [1.82, 2.24) is 0 Å².